The molecule has 5 rings (SSSR count). The van der Waals surface area contributed by atoms with E-state index in [9.17, 15) is 5.11 Å². The molecule has 0 amide bonds. The third kappa shape index (κ3) is 7.39. The highest BCUT2D eigenvalue weighted by atomic mass is 16.6. The lowest BCUT2D eigenvalue weighted by molar-refractivity contribution is -0.159. The van der Waals surface area contributed by atoms with Gasteiger partial charge in [-0.15, -0.1) is 0 Å². The van der Waals surface area contributed by atoms with Crippen LogP contribution in [0.2, 0.25) is 0 Å². The molecule has 1 N–H and O–H groups in total. The van der Waals surface area contributed by atoms with Gasteiger partial charge in [0, 0.05) is 5.41 Å². The van der Waals surface area contributed by atoms with E-state index >= 15 is 0 Å². The zero-order chi connectivity index (χ0) is 34.2. The minimum Gasteiger partial charge on any atom is -0.491 e. The molecular weight excluding hydrogens is 596 g/mol. The number of hydrogen-bond donors (Lipinski definition) is 1. The summed E-state index contributed by atoms with van der Waals surface area (Å²) in [5, 5.41) is 10.6. The Balaban J connectivity index is 1.38. The maximum absolute atomic E-state index is 10.6. The van der Waals surface area contributed by atoms with Crippen molar-refractivity contribution in [3.05, 3.63) is 131 Å². The van der Waals surface area contributed by atoms with Gasteiger partial charge in [0.15, 0.2) is 6.29 Å². The molecule has 0 saturated carbocycles. The molecule has 254 valence electrons. The minimum atomic E-state index is -0.893. The molecule has 4 aromatic carbocycles. The van der Waals surface area contributed by atoms with Crippen molar-refractivity contribution in [3.8, 4) is 22.6 Å². The van der Waals surface area contributed by atoms with Crippen LogP contribution in [0, 0.1) is 5.41 Å². The van der Waals surface area contributed by atoms with E-state index in [1.165, 1.54) is 27.8 Å². The number of rotatable bonds is 17. The smallest absolute Gasteiger partial charge is 0.163 e. The molecule has 5 nitrogen and oxygen atoms in total. The Labute approximate surface area is 287 Å². The monoisotopic (exact) mass is 648 g/mol. The van der Waals surface area contributed by atoms with Crippen LogP contribution in [-0.2, 0) is 14.9 Å². The summed E-state index contributed by atoms with van der Waals surface area (Å²) in [6.45, 7) is 14.1. The Hall–Kier alpha value is -3.90. The average molecular weight is 649 g/mol. The van der Waals surface area contributed by atoms with Gasteiger partial charge in [-0.25, -0.2) is 0 Å². The molecule has 0 fully saturated rings. The van der Waals surface area contributed by atoms with E-state index in [2.05, 4.69) is 106 Å². The number of allylic oxidation sites excluding steroid dienone is 1. The lowest BCUT2D eigenvalue weighted by Crippen LogP contribution is -2.33. The number of fused-ring (bicyclic) bond motifs is 3. The van der Waals surface area contributed by atoms with Crippen LogP contribution in [0.4, 0.5) is 0 Å². The van der Waals surface area contributed by atoms with Gasteiger partial charge in [-0.1, -0.05) is 112 Å². The second-order valence-corrected chi connectivity index (χ2v) is 13.5. The molecule has 2 atom stereocenters. The Morgan fingerprint density at radius 2 is 1.19 bits per heavy atom. The molecular formula is C43H52O5. The van der Waals surface area contributed by atoms with Gasteiger partial charge in [0.25, 0.3) is 0 Å². The molecule has 2 unspecified atom stereocenters. The largest absolute Gasteiger partial charge is 0.491 e. The van der Waals surface area contributed by atoms with E-state index in [4.69, 9.17) is 18.9 Å². The normalized spacial score (nSPS) is 15.5. The van der Waals surface area contributed by atoms with Crippen molar-refractivity contribution >= 4 is 0 Å². The van der Waals surface area contributed by atoms with Gasteiger partial charge in [0.2, 0.25) is 0 Å². The first-order valence-corrected chi connectivity index (χ1v) is 17.4. The third-order valence-corrected chi connectivity index (χ3v) is 9.73. The molecule has 0 radical (unpaired) electrons. The zero-order valence-corrected chi connectivity index (χ0v) is 29.5. The van der Waals surface area contributed by atoms with E-state index in [1.54, 1.807) is 0 Å². The number of hydrogen-bond acceptors (Lipinski definition) is 5. The van der Waals surface area contributed by atoms with E-state index in [0.29, 0.717) is 19.8 Å². The summed E-state index contributed by atoms with van der Waals surface area (Å²) in [6, 6.07) is 34.4. The van der Waals surface area contributed by atoms with Crippen molar-refractivity contribution in [2.75, 3.05) is 26.4 Å². The maximum atomic E-state index is 10.6. The summed E-state index contributed by atoms with van der Waals surface area (Å²) in [7, 11) is 0. The number of aliphatic hydroxyl groups is 1. The molecule has 0 bridgehead atoms. The average Bonchev–Trinajstić information content (AvgIpc) is 3.40. The highest BCUT2D eigenvalue weighted by Gasteiger charge is 2.45. The van der Waals surface area contributed by atoms with E-state index in [-0.39, 0.29) is 12.2 Å². The second-order valence-electron chi connectivity index (χ2n) is 13.5. The quantitative estimate of drug-likeness (QED) is 0.0618. The lowest BCUT2D eigenvalue weighted by atomic mass is 9.68. The molecule has 0 spiro atoms. The Bertz CT molecular complexity index is 1590. The van der Waals surface area contributed by atoms with Gasteiger partial charge < -0.3 is 24.1 Å². The van der Waals surface area contributed by atoms with Crippen molar-refractivity contribution in [2.24, 2.45) is 5.41 Å². The Kier molecular flexibility index (Phi) is 11.5. The molecule has 48 heavy (non-hydrogen) atoms. The van der Waals surface area contributed by atoms with Crippen molar-refractivity contribution < 1.29 is 24.1 Å². The minimum absolute atomic E-state index is 0.142. The molecule has 1 aliphatic rings. The van der Waals surface area contributed by atoms with Gasteiger partial charge in [-0.2, -0.15) is 0 Å². The molecule has 0 aliphatic heterocycles. The van der Waals surface area contributed by atoms with Crippen molar-refractivity contribution in [1.29, 1.82) is 0 Å². The predicted octanol–water partition coefficient (Wildman–Crippen LogP) is 9.73. The van der Waals surface area contributed by atoms with Gasteiger partial charge in [0.05, 0.1) is 24.2 Å². The van der Waals surface area contributed by atoms with E-state index < -0.39 is 17.1 Å². The molecule has 5 heteroatoms. The fourth-order valence-corrected chi connectivity index (χ4v) is 7.04. The van der Waals surface area contributed by atoms with Crippen LogP contribution < -0.4 is 9.47 Å². The fraction of sp³-hybridized carbons (Fsp3) is 0.395. The van der Waals surface area contributed by atoms with Gasteiger partial charge in [-0.3, -0.25) is 0 Å². The van der Waals surface area contributed by atoms with E-state index in [1.807, 2.05) is 45.1 Å². The van der Waals surface area contributed by atoms with Gasteiger partial charge >= 0.3 is 0 Å². The summed E-state index contributed by atoms with van der Waals surface area (Å²) in [5.74, 6) is 1.58. The van der Waals surface area contributed by atoms with Crippen LogP contribution in [-0.4, -0.2) is 43.4 Å². The van der Waals surface area contributed by atoms with Crippen LogP contribution in [0.25, 0.3) is 11.1 Å². The first-order valence-electron chi connectivity index (χ1n) is 17.4. The summed E-state index contributed by atoms with van der Waals surface area (Å²) in [6.07, 6.45) is 5.95. The third-order valence-electron chi connectivity index (χ3n) is 9.73. The van der Waals surface area contributed by atoms with Gasteiger partial charge in [-0.05, 0) is 91.3 Å². The van der Waals surface area contributed by atoms with Gasteiger partial charge in [0.1, 0.15) is 24.7 Å². The van der Waals surface area contributed by atoms with Crippen LogP contribution in [0.1, 0.15) is 83.1 Å². The molecule has 0 aromatic heterocycles. The summed E-state index contributed by atoms with van der Waals surface area (Å²) in [5.41, 5.74) is 6.24. The predicted molar refractivity (Wildman–Crippen MR) is 195 cm³/mol. The van der Waals surface area contributed by atoms with Crippen LogP contribution in [0.5, 0.6) is 11.5 Å². The van der Waals surface area contributed by atoms with E-state index in [0.717, 1.165) is 36.3 Å². The van der Waals surface area contributed by atoms with Crippen molar-refractivity contribution in [3.63, 3.8) is 0 Å². The highest BCUT2D eigenvalue weighted by molar-refractivity contribution is 5.86. The van der Waals surface area contributed by atoms with Crippen LogP contribution in [0.3, 0.4) is 0 Å². The number of ether oxygens (including phenoxy) is 4. The SMILES string of the molecule is CC=CC(C)(CC)C(O)OCCOc1ccc(C2(c3ccc(OCCOC(C)(C)CCC)cc3)c3ccccc3-c3ccccc32)cc1. The Morgan fingerprint density at radius 3 is 1.67 bits per heavy atom. The maximum Gasteiger partial charge on any atom is 0.163 e. The highest BCUT2D eigenvalue weighted by Crippen LogP contribution is 2.56. The standard InChI is InChI=1S/C43H52O5/c1-7-26-41(4,5)48-31-30-46-35-24-20-33(21-25-35)43(38-16-12-10-14-36(38)37-15-11-13-17-39(37)43)32-18-22-34(23-19-32)45-28-29-47-40(44)42(6,9-3)27-8-2/h8,10-25,27,40,44H,7,9,26,28-31H2,1-6H3. The first-order chi connectivity index (χ1) is 23.2. The number of aliphatic hydroxyl groups excluding tert-OH is 1. The van der Waals surface area contributed by atoms with Crippen molar-refractivity contribution in [2.45, 2.75) is 78.1 Å². The zero-order valence-electron chi connectivity index (χ0n) is 29.5. The summed E-state index contributed by atoms with van der Waals surface area (Å²) in [4.78, 5) is 0. The topological polar surface area (TPSA) is 57.2 Å². The summed E-state index contributed by atoms with van der Waals surface area (Å²) < 4.78 is 24.0. The summed E-state index contributed by atoms with van der Waals surface area (Å²) >= 11 is 0. The molecule has 0 heterocycles. The molecule has 1 aliphatic carbocycles. The number of benzene rings is 4. The van der Waals surface area contributed by atoms with Crippen molar-refractivity contribution in [1.82, 2.24) is 0 Å². The first kappa shape index (κ1) is 35.4. The second kappa shape index (κ2) is 15.5. The Morgan fingerprint density at radius 1 is 0.688 bits per heavy atom. The molecule has 0 saturated heterocycles. The lowest BCUT2D eigenvalue weighted by Gasteiger charge is -2.34. The molecule has 4 aromatic rings. The fourth-order valence-electron chi connectivity index (χ4n) is 7.04. The van der Waals surface area contributed by atoms with Crippen LogP contribution >= 0.6 is 0 Å². The van der Waals surface area contributed by atoms with Crippen LogP contribution in [0.15, 0.2) is 109 Å².